The number of hydrazone groups is 1. The zero-order valence-electron chi connectivity index (χ0n) is 14.6. The predicted octanol–water partition coefficient (Wildman–Crippen LogP) is 3.71. The molecule has 28 heavy (non-hydrogen) atoms. The van der Waals surface area contributed by atoms with E-state index in [-0.39, 0.29) is 18.3 Å². The highest BCUT2D eigenvalue weighted by Crippen LogP contribution is 2.15. The van der Waals surface area contributed by atoms with E-state index >= 15 is 0 Å². The van der Waals surface area contributed by atoms with Gasteiger partial charge in [0.1, 0.15) is 5.75 Å². The van der Waals surface area contributed by atoms with Gasteiger partial charge in [-0.05, 0) is 60.2 Å². The third-order valence-electron chi connectivity index (χ3n) is 3.48. The van der Waals surface area contributed by atoms with Crippen LogP contribution in [0.15, 0.2) is 76.4 Å². The number of amides is 2. The van der Waals surface area contributed by atoms with Crippen LogP contribution in [0.5, 0.6) is 5.75 Å². The molecule has 142 valence electrons. The van der Waals surface area contributed by atoms with Crippen LogP contribution in [-0.4, -0.2) is 24.6 Å². The summed E-state index contributed by atoms with van der Waals surface area (Å²) in [6.45, 7) is -0.140. The van der Waals surface area contributed by atoms with Crippen molar-refractivity contribution in [2.24, 2.45) is 5.10 Å². The second-order valence-electron chi connectivity index (χ2n) is 5.59. The topological polar surface area (TPSA) is 92.9 Å². The van der Waals surface area contributed by atoms with Gasteiger partial charge in [-0.1, -0.05) is 17.7 Å². The lowest BCUT2D eigenvalue weighted by atomic mass is 10.2. The number of anilines is 1. The predicted molar refractivity (Wildman–Crippen MR) is 106 cm³/mol. The lowest BCUT2D eigenvalue weighted by Crippen LogP contribution is -2.20. The Morgan fingerprint density at radius 2 is 1.93 bits per heavy atom. The van der Waals surface area contributed by atoms with Crippen molar-refractivity contribution in [2.75, 3.05) is 11.9 Å². The zero-order chi connectivity index (χ0) is 19.8. The van der Waals surface area contributed by atoms with Crippen molar-refractivity contribution in [3.8, 4) is 5.75 Å². The lowest BCUT2D eigenvalue weighted by Gasteiger charge is -2.08. The molecule has 1 aromatic heterocycles. The normalized spacial score (nSPS) is 10.6. The second-order valence-corrected chi connectivity index (χ2v) is 6.03. The quantitative estimate of drug-likeness (QED) is 0.469. The Hall–Kier alpha value is -3.58. The molecular formula is C20H16ClN3O4. The van der Waals surface area contributed by atoms with E-state index in [4.69, 9.17) is 20.8 Å². The molecule has 0 aliphatic carbocycles. The number of hydrogen-bond acceptors (Lipinski definition) is 5. The maximum Gasteiger partial charge on any atom is 0.307 e. The van der Waals surface area contributed by atoms with E-state index < -0.39 is 5.91 Å². The van der Waals surface area contributed by atoms with Crippen LogP contribution in [-0.2, 0) is 4.79 Å². The third kappa shape index (κ3) is 5.72. The van der Waals surface area contributed by atoms with E-state index in [1.807, 2.05) is 0 Å². The first-order chi connectivity index (χ1) is 13.6. The molecule has 2 aromatic carbocycles. The van der Waals surface area contributed by atoms with Crippen molar-refractivity contribution >= 4 is 35.3 Å². The fraction of sp³-hybridized carbons (Fsp3) is 0.0500. The van der Waals surface area contributed by atoms with Gasteiger partial charge in [0.25, 0.3) is 5.91 Å². The number of hydrogen-bond donors (Lipinski definition) is 2. The summed E-state index contributed by atoms with van der Waals surface area (Å²) < 4.78 is 10.4. The van der Waals surface area contributed by atoms with Gasteiger partial charge in [0, 0.05) is 10.7 Å². The van der Waals surface area contributed by atoms with E-state index in [0.29, 0.717) is 16.5 Å². The third-order valence-corrected chi connectivity index (χ3v) is 3.72. The van der Waals surface area contributed by atoms with Crippen LogP contribution in [0.4, 0.5) is 5.69 Å². The number of carbonyl (C=O) groups is 2. The van der Waals surface area contributed by atoms with Gasteiger partial charge in [0.2, 0.25) is 0 Å². The molecule has 0 saturated carbocycles. The molecule has 3 aromatic rings. The van der Waals surface area contributed by atoms with Crippen molar-refractivity contribution in [3.63, 3.8) is 0 Å². The number of carbonyl (C=O) groups excluding carboxylic acids is 2. The highest BCUT2D eigenvalue weighted by molar-refractivity contribution is 6.30. The molecule has 0 atom stereocenters. The van der Waals surface area contributed by atoms with Gasteiger partial charge in [-0.3, -0.25) is 9.59 Å². The first kappa shape index (κ1) is 19.2. The maximum absolute atomic E-state index is 11.9. The Morgan fingerprint density at radius 3 is 2.64 bits per heavy atom. The summed E-state index contributed by atoms with van der Waals surface area (Å²) in [6.07, 6.45) is 2.89. The maximum atomic E-state index is 11.9. The summed E-state index contributed by atoms with van der Waals surface area (Å²) in [5, 5.41) is 7.09. The lowest BCUT2D eigenvalue weighted by molar-refractivity contribution is -0.118. The van der Waals surface area contributed by atoms with Crippen LogP contribution in [0, 0.1) is 0 Å². The van der Waals surface area contributed by atoms with Gasteiger partial charge in [-0.25, -0.2) is 5.43 Å². The Labute approximate surface area is 166 Å². The fourth-order valence-electron chi connectivity index (χ4n) is 2.19. The highest BCUT2D eigenvalue weighted by Gasteiger charge is 2.06. The number of halogens is 1. The van der Waals surface area contributed by atoms with Gasteiger partial charge in [-0.15, -0.1) is 0 Å². The number of rotatable bonds is 7. The molecule has 0 unspecified atom stereocenters. The molecule has 1 heterocycles. The molecule has 0 bridgehead atoms. The molecule has 2 N–H and O–H groups in total. The first-order valence-corrected chi connectivity index (χ1v) is 8.63. The van der Waals surface area contributed by atoms with Crippen LogP contribution in [0.1, 0.15) is 16.1 Å². The van der Waals surface area contributed by atoms with Crippen molar-refractivity contribution in [1.82, 2.24) is 5.43 Å². The summed E-state index contributed by atoms with van der Waals surface area (Å²) in [7, 11) is 0. The molecular weight excluding hydrogens is 382 g/mol. The van der Waals surface area contributed by atoms with Crippen molar-refractivity contribution in [3.05, 3.63) is 83.3 Å². The van der Waals surface area contributed by atoms with Gasteiger partial charge in [0.05, 0.1) is 12.5 Å². The average molecular weight is 398 g/mol. The number of benzene rings is 2. The van der Waals surface area contributed by atoms with Crippen LogP contribution in [0.2, 0.25) is 5.02 Å². The van der Waals surface area contributed by atoms with Gasteiger partial charge >= 0.3 is 5.91 Å². The number of furan rings is 1. The molecule has 0 saturated heterocycles. The van der Waals surface area contributed by atoms with Gasteiger partial charge < -0.3 is 14.5 Å². The summed E-state index contributed by atoms with van der Waals surface area (Å²) in [5.41, 5.74) is 3.71. The van der Waals surface area contributed by atoms with Crippen molar-refractivity contribution < 1.29 is 18.7 Å². The standard InChI is InChI=1S/C20H16ClN3O4/c21-15-3-1-4-16(11-15)23-19(25)13-28-17-8-6-14(7-9-17)12-22-24-20(26)18-5-2-10-27-18/h1-12H,13H2,(H,23,25)(H,24,26)/b22-12+. The smallest absolute Gasteiger partial charge is 0.307 e. The Kier molecular flexibility index (Phi) is 6.43. The number of nitrogens with one attached hydrogen (secondary N) is 2. The zero-order valence-corrected chi connectivity index (χ0v) is 15.3. The summed E-state index contributed by atoms with van der Waals surface area (Å²) in [4.78, 5) is 23.6. The monoisotopic (exact) mass is 397 g/mol. The molecule has 0 aliphatic heterocycles. The second kappa shape index (κ2) is 9.38. The van der Waals surface area contributed by atoms with Gasteiger partial charge in [0.15, 0.2) is 12.4 Å². The molecule has 2 amide bonds. The Bertz CT molecular complexity index is 969. The molecule has 0 radical (unpaired) electrons. The van der Waals surface area contributed by atoms with E-state index in [1.54, 1.807) is 60.7 Å². The van der Waals surface area contributed by atoms with E-state index in [0.717, 1.165) is 5.56 Å². The average Bonchev–Trinajstić information content (AvgIpc) is 3.22. The number of nitrogens with zero attached hydrogens (tertiary/aromatic N) is 1. The minimum absolute atomic E-state index is 0.140. The molecule has 8 heteroatoms. The molecule has 0 spiro atoms. The minimum atomic E-state index is -0.438. The molecule has 3 rings (SSSR count). The highest BCUT2D eigenvalue weighted by atomic mass is 35.5. The number of ether oxygens (including phenoxy) is 1. The van der Waals surface area contributed by atoms with Crippen molar-refractivity contribution in [1.29, 1.82) is 0 Å². The van der Waals surface area contributed by atoms with Crippen LogP contribution in [0.3, 0.4) is 0 Å². The van der Waals surface area contributed by atoms with E-state index in [9.17, 15) is 9.59 Å². The summed E-state index contributed by atoms with van der Waals surface area (Å²) >= 11 is 5.87. The first-order valence-electron chi connectivity index (χ1n) is 8.25. The molecule has 0 aliphatic rings. The molecule has 7 nitrogen and oxygen atoms in total. The summed E-state index contributed by atoms with van der Waals surface area (Å²) in [5.74, 6) is -0.0320. The summed E-state index contributed by atoms with van der Waals surface area (Å²) in [6, 6.07) is 16.9. The van der Waals surface area contributed by atoms with Crippen LogP contribution >= 0.6 is 11.6 Å². The van der Waals surface area contributed by atoms with Crippen LogP contribution in [0.25, 0.3) is 0 Å². The Balaban J connectivity index is 1.45. The van der Waals surface area contributed by atoms with Crippen molar-refractivity contribution in [2.45, 2.75) is 0 Å². The Morgan fingerprint density at radius 1 is 1.11 bits per heavy atom. The van der Waals surface area contributed by atoms with Crippen LogP contribution < -0.4 is 15.5 Å². The SMILES string of the molecule is O=C(COc1ccc(/C=N/NC(=O)c2ccco2)cc1)Nc1cccc(Cl)c1. The largest absolute Gasteiger partial charge is 0.484 e. The molecule has 0 fully saturated rings. The fourth-order valence-corrected chi connectivity index (χ4v) is 2.38. The minimum Gasteiger partial charge on any atom is -0.484 e. The van der Waals surface area contributed by atoms with E-state index in [2.05, 4.69) is 15.8 Å². The van der Waals surface area contributed by atoms with Gasteiger partial charge in [-0.2, -0.15) is 5.10 Å². The van der Waals surface area contributed by atoms with E-state index in [1.165, 1.54) is 12.5 Å².